The van der Waals surface area contributed by atoms with Crippen molar-refractivity contribution in [2.75, 3.05) is 0 Å². The number of nitrogens with two attached hydrogens (primary N) is 1. The lowest BCUT2D eigenvalue weighted by Gasteiger charge is -2.20. The van der Waals surface area contributed by atoms with Crippen LogP contribution in [0.3, 0.4) is 0 Å². The van der Waals surface area contributed by atoms with E-state index in [9.17, 15) is 8.78 Å². The van der Waals surface area contributed by atoms with Gasteiger partial charge in [-0.2, -0.15) is 0 Å². The molecule has 19 heavy (non-hydrogen) atoms. The number of H-pyrrole nitrogens is 1. The maximum absolute atomic E-state index is 13.2. The maximum Gasteiger partial charge on any atom is 0.126 e. The lowest BCUT2D eigenvalue weighted by molar-refractivity contribution is 0.436. The highest BCUT2D eigenvalue weighted by molar-refractivity contribution is 5.58. The Morgan fingerprint density at radius 2 is 1.74 bits per heavy atom. The molecule has 0 unspecified atom stereocenters. The highest BCUT2D eigenvalue weighted by Crippen LogP contribution is 2.35. The zero-order valence-corrected chi connectivity index (χ0v) is 10.4. The standard InChI is InChI=1S/C14H15F2N3/c15-10-5-9(6-11(16)7-10)12-8-18-13(19-12)14(17)3-1-2-4-14/h5-8H,1-4,17H2,(H,18,19). The molecule has 2 aromatic rings. The third-order valence-corrected chi connectivity index (χ3v) is 3.70. The van der Waals surface area contributed by atoms with Crippen LogP contribution in [0, 0.1) is 11.6 Å². The summed E-state index contributed by atoms with van der Waals surface area (Å²) in [5.74, 6) is -0.518. The van der Waals surface area contributed by atoms with E-state index in [-0.39, 0.29) is 0 Å². The zero-order valence-electron chi connectivity index (χ0n) is 10.4. The van der Waals surface area contributed by atoms with Crippen LogP contribution < -0.4 is 5.73 Å². The first-order valence-electron chi connectivity index (χ1n) is 6.38. The lowest BCUT2D eigenvalue weighted by atomic mass is 9.99. The predicted molar refractivity (Wildman–Crippen MR) is 68.3 cm³/mol. The highest BCUT2D eigenvalue weighted by Gasteiger charge is 2.34. The minimum Gasteiger partial charge on any atom is -0.346 e. The first-order valence-corrected chi connectivity index (χ1v) is 6.38. The Bertz CT molecular complexity index is 580. The van der Waals surface area contributed by atoms with Crippen LogP contribution in [0.4, 0.5) is 8.78 Å². The summed E-state index contributed by atoms with van der Waals surface area (Å²) in [7, 11) is 0. The van der Waals surface area contributed by atoms with Gasteiger partial charge in [-0.05, 0) is 25.0 Å². The first kappa shape index (κ1) is 12.3. The van der Waals surface area contributed by atoms with E-state index in [0.717, 1.165) is 31.7 Å². The van der Waals surface area contributed by atoms with Crippen molar-refractivity contribution in [2.45, 2.75) is 31.2 Å². The molecular formula is C14H15F2N3. The summed E-state index contributed by atoms with van der Waals surface area (Å²) >= 11 is 0. The number of aromatic amines is 1. The van der Waals surface area contributed by atoms with Crippen LogP contribution in [0.2, 0.25) is 0 Å². The average molecular weight is 263 g/mol. The van der Waals surface area contributed by atoms with Gasteiger partial charge < -0.3 is 10.7 Å². The number of halogens is 2. The lowest BCUT2D eigenvalue weighted by Crippen LogP contribution is -2.34. The quantitative estimate of drug-likeness (QED) is 0.874. The molecule has 5 heteroatoms. The molecule has 0 radical (unpaired) electrons. The number of nitrogens with zero attached hydrogens (tertiary/aromatic N) is 1. The fourth-order valence-corrected chi connectivity index (χ4v) is 2.67. The van der Waals surface area contributed by atoms with Gasteiger partial charge in [-0.15, -0.1) is 0 Å². The van der Waals surface area contributed by atoms with Crippen LogP contribution in [-0.4, -0.2) is 9.97 Å². The summed E-state index contributed by atoms with van der Waals surface area (Å²) in [6, 6.07) is 3.38. The topological polar surface area (TPSA) is 54.7 Å². The van der Waals surface area contributed by atoms with Gasteiger partial charge in [-0.25, -0.2) is 13.8 Å². The summed E-state index contributed by atoms with van der Waals surface area (Å²) in [5.41, 5.74) is 6.80. The molecule has 0 atom stereocenters. The minimum atomic E-state index is -0.608. The van der Waals surface area contributed by atoms with Crippen LogP contribution in [0.1, 0.15) is 31.5 Å². The Balaban J connectivity index is 1.96. The molecule has 1 aromatic carbocycles. The Morgan fingerprint density at radius 3 is 2.37 bits per heavy atom. The second-order valence-electron chi connectivity index (χ2n) is 5.16. The van der Waals surface area contributed by atoms with Gasteiger partial charge in [0.05, 0.1) is 11.2 Å². The van der Waals surface area contributed by atoms with Gasteiger partial charge in [-0.3, -0.25) is 0 Å². The van der Waals surface area contributed by atoms with Crippen molar-refractivity contribution in [3.8, 4) is 11.3 Å². The number of nitrogens with one attached hydrogen (secondary N) is 1. The molecule has 100 valence electrons. The second kappa shape index (κ2) is 4.42. The molecule has 0 aliphatic heterocycles. The van der Waals surface area contributed by atoms with E-state index in [1.165, 1.54) is 12.1 Å². The third-order valence-electron chi connectivity index (χ3n) is 3.70. The molecule has 1 aliphatic rings. The average Bonchev–Trinajstić information content (AvgIpc) is 2.96. The van der Waals surface area contributed by atoms with Gasteiger partial charge >= 0.3 is 0 Å². The van der Waals surface area contributed by atoms with E-state index in [4.69, 9.17) is 5.73 Å². The van der Waals surface area contributed by atoms with Gasteiger partial charge in [0.1, 0.15) is 17.5 Å². The molecule has 1 aromatic heterocycles. The molecule has 3 N–H and O–H groups in total. The van der Waals surface area contributed by atoms with Crippen molar-refractivity contribution in [3.05, 3.63) is 41.9 Å². The van der Waals surface area contributed by atoms with E-state index in [0.29, 0.717) is 17.1 Å². The van der Waals surface area contributed by atoms with Crippen LogP contribution in [0.25, 0.3) is 11.3 Å². The smallest absolute Gasteiger partial charge is 0.126 e. The van der Waals surface area contributed by atoms with E-state index in [1.807, 2.05) is 0 Å². The zero-order chi connectivity index (χ0) is 13.5. The van der Waals surface area contributed by atoms with Crippen LogP contribution in [0.5, 0.6) is 0 Å². The molecule has 1 fully saturated rings. The third kappa shape index (κ3) is 2.26. The van der Waals surface area contributed by atoms with E-state index >= 15 is 0 Å². The summed E-state index contributed by atoms with van der Waals surface area (Å²) in [6.45, 7) is 0. The fourth-order valence-electron chi connectivity index (χ4n) is 2.67. The molecule has 0 saturated heterocycles. The van der Waals surface area contributed by atoms with Crippen molar-refractivity contribution in [2.24, 2.45) is 5.73 Å². The largest absolute Gasteiger partial charge is 0.346 e. The van der Waals surface area contributed by atoms with Gasteiger partial charge in [0, 0.05) is 17.8 Å². The Morgan fingerprint density at radius 1 is 1.11 bits per heavy atom. The van der Waals surface area contributed by atoms with E-state index < -0.39 is 17.2 Å². The molecule has 1 saturated carbocycles. The normalized spacial score (nSPS) is 17.8. The number of imidazole rings is 1. The number of benzene rings is 1. The molecule has 1 aliphatic carbocycles. The highest BCUT2D eigenvalue weighted by atomic mass is 19.1. The number of aromatic nitrogens is 2. The van der Waals surface area contributed by atoms with Crippen LogP contribution in [0.15, 0.2) is 24.4 Å². The first-order chi connectivity index (χ1) is 9.07. The van der Waals surface area contributed by atoms with E-state index in [1.54, 1.807) is 6.20 Å². The molecule has 3 nitrogen and oxygen atoms in total. The van der Waals surface area contributed by atoms with Crippen molar-refractivity contribution in [1.82, 2.24) is 9.97 Å². The van der Waals surface area contributed by atoms with Crippen LogP contribution in [-0.2, 0) is 5.54 Å². The number of hydrogen-bond donors (Lipinski definition) is 2. The van der Waals surface area contributed by atoms with E-state index in [2.05, 4.69) is 9.97 Å². The summed E-state index contributed by atoms with van der Waals surface area (Å²) < 4.78 is 26.4. The molecular weight excluding hydrogens is 248 g/mol. The molecule has 0 spiro atoms. The molecule has 0 bridgehead atoms. The summed E-state index contributed by atoms with van der Waals surface area (Å²) in [4.78, 5) is 7.45. The summed E-state index contributed by atoms with van der Waals surface area (Å²) in [6.07, 6.45) is 5.59. The van der Waals surface area contributed by atoms with Crippen molar-refractivity contribution in [1.29, 1.82) is 0 Å². The summed E-state index contributed by atoms with van der Waals surface area (Å²) in [5, 5.41) is 0. The fraction of sp³-hybridized carbons (Fsp3) is 0.357. The monoisotopic (exact) mass is 263 g/mol. The SMILES string of the molecule is NC1(c2nc(-c3cc(F)cc(F)c3)c[nH]2)CCCC1. The Kier molecular flexibility index (Phi) is 2.86. The van der Waals surface area contributed by atoms with Gasteiger partial charge in [-0.1, -0.05) is 12.8 Å². The van der Waals surface area contributed by atoms with Crippen molar-refractivity contribution >= 4 is 0 Å². The maximum atomic E-state index is 13.2. The second-order valence-corrected chi connectivity index (χ2v) is 5.16. The van der Waals surface area contributed by atoms with Gasteiger partial charge in [0.15, 0.2) is 0 Å². The van der Waals surface area contributed by atoms with Crippen LogP contribution >= 0.6 is 0 Å². The number of rotatable bonds is 2. The van der Waals surface area contributed by atoms with Gasteiger partial charge in [0.25, 0.3) is 0 Å². The number of hydrogen-bond acceptors (Lipinski definition) is 2. The molecule has 0 amide bonds. The van der Waals surface area contributed by atoms with Crippen molar-refractivity contribution < 1.29 is 8.78 Å². The Hall–Kier alpha value is -1.75. The van der Waals surface area contributed by atoms with Crippen molar-refractivity contribution in [3.63, 3.8) is 0 Å². The predicted octanol–water partition coefficient (Wildman–Crippen LogP) is 3.08. The molecule has 3 rings (SSSR count). The van der Waals surface area contributed by atoms with Gasteiger partial charge in [0.2, 0.25) is 0 Å². The molecule has 1 heterocycles. The Labute approximate surface area is 109 Å². The minimum absolute atomic E-state index is 0.418.